The summed E-state index contributed by atoms with van der Waals surface area (Å²) >= 11 is 0. The van der Waals surface area contributed by atoms with Crippen molar-refractivity contribution in [3.8, 4) is 5.69 Å². The summed E-state index contributed by atoms with van der Waals surface area (Å²) in [5, 5.41) is 8.54. The summed E-state index contributed by atoms with van der Waals surface area (Å²) in [6.45, 7) is 0.967. The highest BCUT2D eigenvalue weighted by Gasteiger charge is 2.63. The van der Waals surface area contributed by atoms with Crippen molar-refractivity contribution in [2.24, 2.45) is 18.4 Å². The number of alkyl halides is 4. The van der Waals surface area contributed by atoms with E-state index in [1.807, 2.05) is 34.7 Å². The van der Waals surface area contributed by atoms with E-state index in [0.717, 1.165) is 47.5 Å². The molecule has 3 aromatic heterocycles. The van der Waals surface area contributed by atoms with Crippen LogP contribution in [0.3, 0.4) is 0 Å². The van der Waals surface area contributed by atoms with Crippen molar-refractivity contribution in [2.45, 2.75) is 56.7 Å². The van der Waals surface area contributed by atoms with E-state index in [1.54, 1.807) is 12.4 Å². The van der Waals surface area contributed by atoms with Gasteiger partial charge in [-0.25, -0.2) is 4.79 Å². The van der Waals surface area contributed by atoms with Gasteiger partial charge in [-0.05, 0) is 79.8 Å². The Hall–Kier alpha value is -3.47. The van der Waals surface area contributed by atoms with Crippen molar-refractivity contribution < 1.29 is 17.6 Å². The van der Waals surface area contributed by atoms with Crippen LogP contribution in [0.15, 0.2) is 53.8 Å². The summed E-state index contributed by atoms with van der Waals surface area (Å²) in [6, 6.07) is 8.64. The predicted octanol–water partition coefficient (Wildman–Crippen LogP) is 5.28. The normalized spacial score (nSPS) is 21.8. The molecule has 4 heterocycles. The minimum Gasteiger partial charge on any atom is -0.320 e. The fourth-order valence-electron chi connectivity index (χ4n) is 7.34. The number of aromatic nitrogens is 5. The Morgan fingerprint density at radius 3 is 2.61 bits per heavy atom. The lowest BCUT2D eigenvalue weighted by molar-refractivity contribution is -0.136. The van der Waals surface area contributed by atoms with Gasteiger partial charge in [-0.2, -0.15) is 13.2 Å². The second-order valence-electron chi connectivity index (χ2n) is 12.4. The summed E-state index contributed by atoms with van der Waals surface area (Å²) in [7, 11) is 1.92. The van der Waals surface area contributed by atoms with E-state index in [4.69, 9.17) is 0 Å². The highest BCUT2D eigenvalue weighted by Crippen LogP contribution is 2.70. The average molecular weight is 569 g/mol. The second-order valence-corrected chi connectivity index (χ2v) is 12.4. The standard InChI is InChI=1S/C30H32F4N6O/c1-37-19-35-36-26(37)29(17-28(18-29)7-8-28)22-5-2-6-23(11-22)39-16-25-24(30(32,33)34)10-21(15-40(25)27(39)41)14-38-9-3-4-20(12-31)13-38/h2,5-6,10-11,15-16,19-20H,3-4,7-9,12-14,17-18H2,1H3/t20-/m1/s1. The number of imidazole rings is 1. The Bertz CT molecular complexity index is 1670. The number of hydrogen-bond donors (Lipinski definition) is 0. The number of hydrogen-bond acceptors (Lipinski definition) is 4. The first-order valence-electron chi connectivity index (χ1n) is 14.2. The first-order valence-corrected chi connectivity index (χ1v) is 14.2. The molecule has 2 aliphatic carbocycles. The number of aryl methyl sites for hydroxylation is 1. The number of nitrogens with zero attached hydrogens (tertiary/aromatic N) is 6. The molecule has 0 unspecified atom stereocenters. The van der Waals surface area contributed by atoms with Gasteiger partial charge in [0.1, 0.15) is 12.2 Å². The summed E-state index contributed by atoms with van der Waals surface area (Å²) < 4.78 is 60.4. The van der Waals surface area contributed by atoms with E-state index in [0.29, 0.717) is 29.8 Å². The minimum atomic E-state index is -4.65. The molecule has 1 aromatic carbocycles. The summed E-state index contributed by atoms with van der Waals surface area (Å²) in [6.07, 6.45) is 5.63. The first-order chi connectivity index (χ1) is 19.6. The number of halogens is 4. The fourth-order valence-corrected chi connectivity index (χ4v) is 7.34. The smallest absolute Gasteiger partial charge is 0.320 e. The summed E-state index contributed by atoms with van der Waals surface area (Å²) in [5.41, 5.74) is 0.234. The molecule has 1 atom stereocenters. The van der Waals surface area contributed by atoms with Crippen molar-refractivity contribution in [3.05, 3.63) is 82.1 Å². The van der Waals surface area contributed by atoms with E-state index in [-0.39, 0.29) is 23.4 Å². The van der Waals surface area contributed by atoms with E-state index in [2.05, 4.69) is 10.2 Å². The molecule has 0 radical (unpaired) electrons. The molecule has 216 valence electrons. The Morgan fingerprint density at radius 2 is 1.93 bits per heavy atom. The number of likely N-dealkylation sites (tertiary alicyclic amines) is 1. The molecule has 41 heavy (non-hydrogen) atoms. The highest BCUT2D eigenvalue weighted by molar-refractivity contribution is 5.58. The Morgan fingerprint density at radius 1 is 1.12 bits per heavy atom. The van der Waals surface area contributed by atoms with E-state index >= 15 is 0 Å². The molecule has 2 saturated carbocycles. The van der Waals surface area contributed by atoms with Crippen LogP contribution in [-0.4, -0.2) is 48.4 Å². The van der Waals surface area contributed by atoms with Crippen LogP contribution in [0.25, 0.3) is 11.2 Å². The van der Waals surface area contributed by atoms with Crippen molar-refractivity contribution in [2.75, 3.05) is 19.8 Å². The number of piperidine rings is 1. The third-order valence-electron chi connectivity index (χ3n) is 9.48. The van der Waals surface area contributed by atoms with Crippen LogP contribution in [0.4, 0.5) is 17.6 Å². The maximum atomic E-state index is 14.3. The van der Waals surface area contributed by atoms with Gasteiger partial charge in [-0.3, -0.25) is 18.3 Å². The van der Waals surface area contributed by atoms with Crippen molar-refractivity contribution >= 4 is 5.52 Å². The molecule has 0 N–H and O–H groups in total. The molecule has 1 saturated heterocycles. The monoisotopic (exact) mass is 568 g/mol. The number of fused-ring (bicyclic) bond motifs is 1. The lowest BCUT2D eigenvalue weighted by atomic mass is 9.56. The van der Waals surface area contributed by atoms with Crippen LogP contribution in [0.1, 0.15) is 61.0 Å². The Balaban J connectivity index is 1.30. The maximum absolute atomic E-state index is 14.3. The Labute approximate surface area is 234 Å². The van der Waals surface area contributed by atoms with E-state index in [1.165, 1.54) is 29.8 Å². The van der Waals surface area contributed by atoms with Crippen molar-refractivity contribution in [3.63, 3.8) is 0 Å². The zero-order valence-corrected chi connectivity index (χ0v) is 22.9. The second kappa shape index (κ2) is 9.27. The van der Waals surface area contributed by atoms with Gasteiger partial charge in [0.2, 0.25) is 0 Å². The molecule has 7 rings (SSSR count). The van der Waals surface area contributed by atoms with Crippen molar-refractivity contribution in [1.29, 1.82) is 0 Å². The molecule has 3 aliphatic rings. The van der Waals surface area contributed by atoms with Gasteiger partial charge in [0.05, 0.1) is 28.9 Å². The van der Waals surface area contributed by atoms with Crippen LogP contribution in [-0.2, 0) is 25.2 Å². The van der Waals surface area contributed by atoms with Crippen molar-refractivity contribution in [1.82, 2.24) is 28.6 Å². The molecule has 11 heteroatoms. The third-order valence-corrected chi connectivity index (χ3v) is 9.48. The zero-order chi connectivity index (χ0) is 28.6. The molecular formula is C30H32F4N6O. The first kappa shape index (κ1) is 26.4. The van der Waals surface area contributed by atoms with Gasteiger partial charge >= 0.3 is 11.9 Å². The number of rotatable bonds is 6. The van der Waals surface area contributed by atoms with Gasteiger partial charge in [0.15, 0.2) is 0 Å². The molecular weight excluding hydrogens is 536 g/mol. The van der Waals surface area contributed by atoms with Gasteiger partial charge in [0, 0.05) is 38.4 Å². The highest BCUT2D eigenvalue weighted by atomic mass is 19.4. The summed E-state index contributed by atoms with van der Waals surface area (Å²) in [5.74, 6) is 0.749. The summed E-state index contributed by atoms with van der Waals surface area (Å²) in [4.78, 5) is 15.6. The number of benzene rings is 1. The van der Waals surface area contributed by atoms with E-state index < -0.39 is 24.1 Å². The topological polar surface area (TPSA) is 60.4 Å². The van der Waals surface area contributed by atoms with Gasteiger partial charge in [-0.15, -0.1) is 10.2 Å². The number of pyridine rings is 1. The largest absolute Gasteiger partial charge is 0.418 e. The predicted molar refractivity (Wildman–Crippen MR) is 145 cm³/mol. The minimum absolute atomic E-state index is 0.110. The van der Waals surface area contributed by atoms with Gasteiger partial charge in [-0.1, -0.05) is 12.1 Å². The molecule has 7 nitrogen and oxygen atoms in total. The molecule has 3 fully saturated rings. The lowest BCUT2D eigenvalue weighted by Crippen LogP contribution is -2.45. The average Bonchev–Trinajstić information content (AvgIpc) is 3.50. The SMILES string of the molecule is Cn1cnnc1C1(c2cccc(-n3cc4c(C(F)(F)F)cc(CN5CCC[C@H](CF)C5)cn4c3=O)c2)CC2(CC2)C1. The molecule has 1 aliphatic heterocycles. The van der Waals surface area contributed by atoms with Crippen LogP contribution in [0.5, 0.6) is 0 Å². The lowest BCUT2D eigenvalue weighted by Gasteiger charge is -2.48. The van der Waals surface area contributed by atoms with Crippen LogP contribution in [0.2, 0.25) is 0 Å². The van der Waals surface area contributed by atoms with E-state index in [9.17, 15) is 22.4 Å². The van der Waals surface area contributed by atoms with Gasteiger partial charge in [0.25, 0.3) is 0 Å². The fraction of sp³-hybridized carbons (Fsp3) is 0.500. The van der Waals surface area contributed by atoms with Crippen LogP contribution < -0.4 is 5.69 Å². The zero-order valence-electron chi connectivity index (χ0n) is 22.9. The molecule has 4 aromatic rings. The molecule has 1 spiro atoms. The molecule has 0 amide bonds. The van der Waals surface area contributed by atoms with Crippen LogP contribution >= 0.6 is 0 Å². The van der Waals surface area contributed by atoms with Gasteiger partial charge < -0.3 is 4.57 Å². The third kappa shape index (κ3) is 4.40. The molecule has 0 bridgehead atoms. The Kier molecular flexibility index (Phi) is 5.98. The maximum Gasteiger partial charge on any atom is 0.418 e. The quantitative estimate of drug-likeness (QED) is 0.297. The van der Waals surface area contributed by atoms with Crippen LogP contribution in [0, 0.1) is 11.3 Å².